The Morgan fingerprint density at radius 2 is 2.00 bits per heavy atom. The smallest absolute Gasteiger partial charge is 0.411 e. The summed E-state index contributed by atoms with van der Waals surface area (Å²) in [5.41, 5.74) is 2.34. The maximum absolute atomic E-state index is 11.9. The molecule has 3 rings (SSSR count). The average molecular weight is 327 g/mol. The fourth-order valence-electron chi connectivity index (χ4n) is 2.47. The number of esters is 1. The number of rotatable bonds is 4. The highest BCUT2D eigenvalue weighted by Gasteiger charge is 2.30. The number of benzene rings is 2. The van der Waals surface area contributed by atoms with E-state index in [1.54, 1.807) is 18.2 Å². The predicted octanol–water partition coefficient (Wildman–Crippen LogP) is 2.91. The maximum atomic E-state index is 11.9. The average Bonchev–Trinajstić information content (AvgIpc) is 3.03. The van der Waals surface area contributed by atoms with Crippen LogP contribution in [0.15, 0.2) is 48.5 Å². The molecule has 0 aromatic heterocycles. The minimum atomic E-state index is -0.634. The summed E-state index contributed by atoms with van der Waals surface area (Å²) in [6.07, 6.45) is -0.760. The van der Waals surface area contributed by atoms with Crippen molar-refractivity contribution in [3.8, 4) is 5.75 Å². The number of hydrogen-bond acceptors (Lipinski definition) is 5. The van der Waals surface area contributed by atoms with Crippen LogP contribution in [0.4, 0.5) is 10.5 Å². The third-order valence-electron chi connectivity index (χ3n) is 3.66. The third-order valence-corrected chi connectivity index (χ3v) is 3.66. The van der Waals surface area contributed by atoms with Crippen LogP contribution in [0.5, 0.6) is 5.75 Å². The van der Waals surface area contributed by atoms with Crippen LogP contribution in [0.2, 0.25) is 0 Å². The van der Waals surface area contributed by atoms with E-state index in [0.29, 0.717) is 17.9 Å². The van der Waals surface area contributed by atoms with E-state index in [0.717, 1.165) is 11.1 Å². The number of ether oxygens (including phenoxy) is 3. The van der Waals surface area contributed by atoms with Gasteiger partial charge >= 0.3 is 12.1 Å². The van der Waals surface area contributed by atoms with Gasteiger partial charge in [0.15, 0.2) is 6.10 Å². The summed E-state index contributed by atoms with van der Waals surface area (Å²) >= 11 is 0. The summed E-state index contributed by atoms with van der Waals surface area (Å²) in [6, 6.07) is 14.6. The molecule has 0 saturated heterocycles. The summed E-state index contributed by atoms with van der Waals surface area (Å²) in [6.45, 7) is 0.200. The van der Waals surface area contributed by atoms with E-state index in [1.165, 1.54) is 7.11 Å². The molecule has 24 heavy (non-hydrogen) atoms. The Labute approximate surface area is 139 Å². The van der Waals surface area contributed by atoms with Gasteiger partial charge in [-0.05, 0) is 23.8 Å². The Balaban J connectivity index is 1.57. The summed E-state index contributed by atoms with van der Waals surface area (Å²) in [7, 11) is 1.32. The normalized spacial score (nSPS) is 15.1. The van der Waals surface area contributed by atoms with Gasteiger partial charge in [-0.25, -0.2) is 9.59 Å². The number of nitrogens with one attached hydrogen (secondary N) is 1. The number of amides is 1. The molecule has 0 saturated carbocycles. The molecule has 0 aliphatic carbocycles. The van der Waals surface area contributed by atoms with Crippen LogP contribution in [-0.2, 0) is 27.3 Å². The fraction of sp³-hybridized carbons (Fsp3) is 0.222. The van der Waals surface area contributed by atoms with Crippen LogP contribution in [0.1, 0.15) is 11.1 Å². The lowest BCUT2D eigenvalue weighted by molar-refractivity contribution is -0.147. The molecular formula is C18H17NO5. The summed E-state index contributed by atoms with van der Waals surface area (Å²) in [5, 5.41) is 2.67. The summed E-state index contributed by atoms with van der Waals surface area (Å²) < 4.78 is 15.4. The first kappa shape index (κ1) is 15.9. The molecule has 1 unspecified atom stereocenters. The predicted molar refractivity (Wildman–Crippen MR) is 86.8 cm³/mol. The molecule has 0 bridgehead atoms. The molecular weight excluding hydrogens is 310 g/mol. The fourth-order valence-corrected chi connectivity index (χ4v) is 2.47. The molecule has 124 valence electrons. The van der Waals surface area contributed by atoms with Crippen molar-refractivity contribution < 1.29 is 23.8 Å². The standard InChI is InChI=1S/C18H17NO5/c1-22-17(20)16-10-13-9-14(7-8-15(13)24-16)19-18(21)23-11-12-5-3-2-4-6-12/h2-9,16H,10-11H2,1H3,(H,19,21). The van der Waals surface area contributed by atoms with Gasteiger partial charge < -0.3 is 14.2 Å². The first-order chi connectivity index (χ1) is 11.7. The van der Waals surface area contributed by atoms with E-state index in [-0.39, 0.29) is 6.61 Å². The molecule has 2 aromatic carbocycles. The summed E-state index contributed by atoms with van der Waals surface area (Å²) in [5.74, 6) is 0.205. The van der Waals surface area contributed by atoms with E-state index < -0.39 is 18.2 Å². The van der Waals surface area contributed by atoms with E-state index in [1.807, 2.05) is 30.3 Å². The Morgan fingerprint density at radius 3 is 2.75 bits per heavy atom. The van der Waals surface area contributed by atoms with Crippen molar-refractivity contribution in [2.24, 2.45) is 0 Å². The molecule has 6 heteroatoms. The van der Waals surface area contributed by atoms with Gasteiger partial charge in [-0.3, -0.25) is 5.32 Å². The van der Waals surface area contributed by atoms with Gasteiger partial charge in [0, 0.05) is 17.7 Å². The maximum Gasteiger partial charge on any atom is 0.411 e. The minimum Gasteiger partial charge on any atom is -0.478 e. The van der Waals surface area contributed by atoms with E-state index in [2.05, 4.69) is 10.1 Å². The first-order valence-electron chi connectivity index (χ1n) is 7.51. The van der Waals surface area contributed by atoms with Gasteiger partial charge in [0.1, 0.15) is 12.4 Å². The van der Waals surface area contributed by atoms with Gasteiger partial charge in [0.25, 0.3) is 0 Å². The number of methoxy groups -OCH3 is 1. The lowest BCUT2D eigenvalue weighted by atomic mass is 10.1. The molecule has 0 fully saturated rings. The molecule has 0 radical (unpaired) electrons. The van der Waals surface area contributed by atoms with Gasteiger partial charge in [-0.2, -0.15) is 0 Å². The number of hydrogen-bond donors (Lipinski definition) is 1. The molecule has 1 aliphatic rings. The van der Waals surface area contributed by atoms with Gasteiger partial charge in [-0.15, -0.1) is 0 Å². The largest absolute Gasteiger partial charge is 0.478 e. The van der Waals surface area contributed by atoms with E-state index >= 15 is 0 Å². The third kappa shape index (κ3) is 3.65. The zero-order valence-corrected chi connectivity index (χ0v) is 13.2. The van der Waals surface area contributed by atoms with Crippen LogP contribution in [0.25, 0.3) is 0 Å². The highest BCUT2D eigenvalue weighted by Crippen LogP contribution is 2.31. The zero-order chi connectivity index (χ0) is 16.9. The highest BCUT2D eigenvalue weighted by atomic mass is 16.6. The molecule has 1 N–H and O–H groups in total. The second-order valence-electron chi connectivity index (χ2n) is 5.34. The van der Waals surface area contributed by atoms with Crippen molar-refractivity contribution >= 4 is 17.7 Å². The highest BCUT2D eigenvalue weighted by molar-refractivity contribution is 5.85. The van der Waals surface area contributed by atoms with E-state index in [9.17, 15) is 9.59 Å². The Hall–Kier alpha value is -3.02. The number of carbonyl (C=O) groups is 2. The van der Waals surface area contributed by atoms with Crippen molar-refractivity contribution in [3.63, 3.8) is 0 Å². The summed E-state index contributed by atoms with van der Waals surface area (Å²) in [4.78, 5) is 23.4. The molecule has 2 aromatic rings. The van der Waals surface area contributed by atoms with Crippen molar-refractivity contribution in [1.29, 1.82) is 0 Å². The Bertz CT molecular complexity index is 744. The molecule has 0 spiro atoms. The first-order valence-corrected chi connectivity index (χ1v) is 7.51. The van der Waals surface area contributed by atoms with Gasteiger partial charge in [0.2, 0.25) is 0 Å². The number of carbonyl (C=O) groups excluding carboxylic acids is 2. The quantitative estimate of drug-likeness (QED) is 0.874. The lowest BCUT2D eigenvalue weighted by Gasteiger charge is -2.08. The molecule has 6 nitrogen and oxygen atoms in total. The van der Waals surface area contributed by atoms with Crippen molar-refractivity contribution in [2.45, 2.75) is 19.1 Å². The molecule has 1 heterocycles. The number of anilines is 1. The second-order valence-corrected chi connectivity index (χ2v) is 5.34. The van der Waals surface area contributed by atoms with Crippen molar-refractivity contribution in [2.75, 3.05) is 12.4 Å². The Morgan fingerprint density at radius 1 is 1.21 bits per heavy atom. The van der Waals surface area contributed by atoms with Crippen LogP contribution in [0.3, 0.4) is 0 Å². The van der Waals surface area contributed by atoms with Gasteiger partial charge in [0.05, 0.1) is 7.11 Å². The van der Waals surface area contributed by atoms with Crippen LogP contribution < -0.4 is 10.1 Å². The van der Waals surface area contributed by atoms with Gasteiger partial charge in [-0.1, -0.05) is 30.3 Å². The molecule has 1 atom stereocenters. The Kier molecular flexibility index (Phi) is 4.65. The van der Waals surface area contributed by atoms with Crippen molar-refractivity contribution in [1.82, 2.24) is 0 Å². The SMILES string of the molecule is COC(=O)C1Cc2cc(NC(=O)OCc3ccccc3)ccc2O1. The van der Waals surface area contributed by atoms with Crippen LogP contribution in [0, 0.1) is 0 Å². The zero-order valence-electron chi connectivity index (χ0n) is 13.2. The topological polar surface area (TPSA) is 73.9 Å². The van der Waals surface area contributed by atoms with E-state index in [4.69, 9.17) is 9.47 Å². The van der Waals surface area contributed by atoms with Crippen LogP contribution in [-0.4, -0.2) is 25.3 Å². The second kappa shape index (κ2) is 7.04. The van der Waals surface area contributed by atoms with Crippen LogP contribution >= 0.6 is 0 Å². The lowest BCUT2D eigenvalue weighted by Crippen LogP contribution is -2.26. The number of fused-ring (bicyclic) bond motifs is 1. The molecule has 1 aliphatic heterocycles. The molecule has 1 amide bonds. The minimum absolute atomic E-state index is 0.200. The monoisotopic (exact) mass is 327 g/mol. The van der Waals surface area contributed by atoms with Crippen molar-refractivity contribution in [3.05, 3.63) is 59.7 Å².